The van der Waals surface area contributed by atoms with Gasteiger partial charge < -0.3 is 30.2 Å². The number of H-pyrrole nitrogens is 2. The second-order valence-corrected chi connectivity index (χ2v) is 10.6. The van der Waals surface area contributed by atoms with Gasteiger partial charge in [-0.2, -0.15) is 0 Å². The molecule has 5 rings (SSSR count). The molecule has 0 radical (unpaired) electrons. The number of amides is 2. The van der Waals surface area contributed by atoms with Crippen LogP contribution in [0.15, 0.2) is 36.7 Å². The van der Waals surface area contributed by atoms with Crippen molar-refractivity contribution in [2.24, 2.45) is 5.92 Å². The topological polar surface area (TPSA) is 128 Å². The van der Waals surface area contributed by atoms with Gasteiger partial charge in [-0.1, -0.05) is 31.9 Å². The number of hydrogen-bond acceptors (Lipinski definition) is 6. The Labute approximate surface area is 240 Å². The second-order valence-electron chi connectivity index (χ2n) is 10.6. The smallest absolute Gasteiger partial charge is 0.407 e. The van der Waals surface area contributed by atoms with Crippen LogP contribution in [0.5, 0.6) is 0 Å². The third kappa shape index (κ3) is 6.62. The number of carbonyl (C=O) groups excluding carboxylic acids is 2. The molecule has 2 saturated heterocycles. The lowest BCUT2D eigenvalue weighted by Gasteiger charge is -2.30. The summed E-state index contributed by atoms with van der Waals surface area (Å²) in [7, 11) is 1.29. The Morgan fingerprint density at radius 3 is 2.54 bits per heavy atom. The number of methoxy groups -OCH3 is 1. The fourth-order valence-electron chi connectivity index (χ4n) is 5.28. The van der Waals surface area contributed by atoms with Gasteiger partial charge in [0, 0.05) is 12.1 Å². The first kappa shape index (κ1) is 28.0. The van der Waals surface area contributed by atoms with E-state index in [9.17, 15) is 9.59 Å². The molecule has 41 heavy (non-hydrogen) atoms. The standard InChI is InChI=1S/C31H35N7O3/c1-20(2)27(37-31(40)41-3)30(39)38-17-7-11-26(38)29-34-19-25(36-29)22-14-12-21(13-15-22)8-4-5-9-23-18-33-28(35-23)24-10-6-16-32-24/h12-15,18-20,24,26-27,32H,6-7,10-11,16-17H2,1-3H3,(H,33,35)(H,34,36)(H,37,40)/t24?,26?,27-/m0/s1. The Morgan fingerprint density at radius 2 is 1.80 bits per heavy atom. The SMILES string of the molecule is COC(=O)N[C@H](C(=O)N1CCCC1c1ncc(-c2ccc(C#CC#Cc3cnc(C4CCCN4)[nH]3)cc2)[nH]1)C(C)C. The molecule has 3 aromatic rings. The summed E-state index contributed by atoms with van der Waals surface area (Å²) in [5.41, 5.74) is 3.44. The van der Waals surface area contributed by atoms with Gasteiger partial charge in [0.15, 0.2) is 0 Å². The molecule has 212 valence electrons. The lowest BCUT2D eigenvalue weighted by Crippen LogP contribution is -2.51. The van der Waals surface area contributed by atoms with Crippen molar-refractivity contribution in [3.8, 4) is 34.9 Å². The first-order valence-corrected chi connectivity index (χ1v) is 14.0. The highest BCUT2D eigenvalue weighted by Gasteiger charge is 2.37. The fraction of sp³-hybridized carbons (Fsp3) is 0.419. The Kier molecular flexibility index (Phi) is 8.71. The predicted octanol–water partition coefficient (Wildman–Crippen LogP) is 3.67. The van der Waals surface area contributed by atoms with Crippen LogP contribution in [0.2, 0.25) is 0 Å². The number of imidazole rings is 2. The van der Waals surface area contributed by atoms with Crippen LogP contribution in [0.1, 0.15) is 74.5 Å². The maximum atomic E-state index is 13.4. The summed E-state index contributed by atoms with van der Waals surface area (Å²) in [6.07, 6.45) is 6.84. The molecule has 10 nitrogen and oxygen atoms in total. The van der Waals surface area contributed by atoms with E-state index >= 15 is 0 Å². The zero-order chi connectivity index (χ0) is 28.8. The highest BCUT2D eigenvalue weighted by Crippen LogP contribution is 2.32. The maximum absolute atomic E-state index is 13.4. The lowest BCUT2D eigenvalue weighted by molar-refractivity contribution is -0.135. The van der Waals surface area contributed by atoms with Gasteiger partial charge in [0.25, 0.3) is 0 Å². The van der Waals surface area contributed by atoms with Crippen LogP contribution in [-0.2, 0) is 9.53 Å². The number of aromatic nitrogens is 4. The van der Waals surface area contributed by atoms with Gasteiger partial charge >= 0.3 is 6.09 Å². The summed E-state index contributed by atoms with van der Waals surface area (Å²) in [4.78, 5) is 42.7. The van der Waals surface area contributed by atoms with Crippen molar-refractivity contribution in [3.63, 3.8) is 0 Å². The molecule has 4 N–H and O–H groups in total. The number of ether oxygens (including phenoxy) is 1. The van der Waals surface area contributed by atoms with Crippen LogP contribution in [0, 0.1) is 29.6 Å². The number of nitrogens with zero attached hydrogens (tertiary/aromatic N) is 3. The Hall–Kier alpha value is -4.54. The molecule has 0 bridgehead atoms. The minimum absolute atomic E-state index is 0.0833. The van der Waals surface area contributed by atoms with Crippen LogP contribution in [0.25, 0.3) is 11.3 Å². The molecule has 1 aromatic carbocycles. The van der Waals surface area contributed by atoms with Gasteiger partial charge in [0.2, 0.25) is 5.91 Å². The van der Waals surface area contributed by atoms with Gasteiger partial charge in [-0.3, -0.25) is 4.79 Å². The minimum Gasteiger partial charge on any atom is -0.453 e. The summed E-state index contributed by atoms with van der Waals surface area (Å²) < 4.78 is 4.72. The highest BCUT2D eigenvalue weighted by molar-refractivity contribution is 5.86. The van der Waals surface area contributed by atoms with Gasteiger partial charge in [0.1, 0.15) is 23.4 Å². The molecule has 0 spiro atoms. The summed E-state index contributed by atoms with van der Waals surface area (Å²) in [6.45, 7) is 5.44. The highest BCUT2D eigenvalue weighted by atomic mass is 16.5. The molecule has 3 atom stereocenters. The predicted molar refractivity (Wildman–Crippen MR) is 154 cm³/mol. The molecule has 2 unspecified atom stereocenters. The number of likely N-dealkylation sites (tertiary alicyclic amines) is 1. The number of aromatic amines is 2. The zero-order valence-electron chi connectivity index (χ0n) is 23.6. The molecule has 4 heterocycles. The number of carbonyl (C=O) groups is 2. The summed E-state index contributed by atoms with van der Waals surface area (Å²) >= 11 is 0. The van der Waals surface area contributed by atoms with E-state index in [1.54, 1.807) is 17.3 Å². The van der Waals surface area contributed by atoms with E-state index < -0.39 is 12.1 Å². The van der Waals surface area contributed by atoms with Gasteiger partial charge in [0.05, 0.1) is 37.3 Å². The van der Waals surface area contributed by atoms with E-state index in [-0.39, 0.29) is 23.9 Å². The van der Waals surface area contributed by atoms with Crippen LogP contribution >= 0.6 is 0 Å². The van der Waals surface area contributed by atoms with Crippen molar-refractivity contribution in [2.45, 2.75) is 57.7 Å². The molecular weight excluding hydrogens is 518 g/mol. The number of alkyl carbamates (subject to hydrolysis) is 1. The molecule has 2 aliphatic heterocycles. The van der Waals surface area contributed by atoms with Crippen molar-refractivity contribution < 1.29 is 14.3 Å². The molecule has 10 heteroatoms. The van der Waals surface area contributed by atoms with Gasteiger partial charge in [-0.05, 0) is 73.6 Å². The van der Waals surface area contributed by atoms with E-state index in [1.807, 2.05) is 38.1 Å². The van der Waals surface area contributed by atoms with Crippen molar-refractivity contribution in [1.82, 2.24) is 35.5 Å². The van der Waals surface area contributed by atoms with Crippen molar-refractivity contribution >= 4 is 12.0 Å². The first-order valence-electron chi connectivity index (χ1n) is 14.0. The van der Waals surface area contributed by atoms with Crippen LogP contribution < -0.4 is 10.6 Å². The third-order valence-corrected chi connectivity index (χ3v) is 7.49. The van der Waals surface area contributed by atoms with Crippen LogP contribution in [0.4, 0.5) is 4.79 Å². The summed E-state index contributed by atoms with van der Waals surface area (Å²) in [5.74, 6) is 13.4. The summed E-state index contributed by atoms with van der Waals surface area (Å²) in [5, 5.41) is 6.10. The maximum Gasteiger partial charge on any atom is 0.407 e. The fourth-order valence-corrected chi connectivity index (χ4v) is 5.28. The third-order valence-electron chi connectivity index (χ3n) is 7.49. The molecule has 0 aliphatic carbocycles. The van der Waals surface area contributed by atoms with Crippen LogP contribution in [-0.4, -0.2) is 63.1 Å². The molecule has 2 amide bonds. The molecular formula is C31H35N7O3. The summed E-state index contributed by atoms with van der Waals surface area (Å²) in [6, 6.07) is 7.30. The largest absolute Gasteiger partial charge is 0.453 e. The van der Waals surface area contributed by atoms with E-state index in [0.717, 1.165) is 66.4 Å². The van der Waals surface area contributed by atoms with E-state index in [0.29, 0.717) is 6.54 Å². The second kappa shape index (κ2) is 12.8. The Morgan fingerprint density at radius 1 is 1.02 bits per heavy atom. The van der Waals surface area contributed by atoms with E-state index in [1.165, 1.54) is 7.11 Å². The van der Waals surface area contributed by atoms with Crippen molar-refractivity contribution in [1.29, 1.82) is 0 Å². The van der Waals surface area contributed by atoms with E-state index in [4.69, 9.17) is 4.74 Å². The average molecular weight is 554 g/mol. The van der Waals surface area contributed by atoms with E-state index in [2.05, 4.69) is 54.3 Å². The number of nitrogens with one attached hydrogen (secondary N) is 4. The lowest BCUT2D eigenvalue weighted by atomic mass is 10.0. The van der Waals surface area contributed by atoms with Crippen molar-refractivity contribution in [2.75, 3.05) is 20.2 Å². The quantitative estimate of drug-likeness (QED) is 0.345. The minimum atomic E-state index is -0.665. The zero-order valence-corrected chi connectivity index (χ0v) is 23.6. The number of benzene rings is 1. The average Bonchev–Trinajstić information content (AvgIpc) is 3.80. The normalized spacial score (nSPS) is 18.8. The Bertz CT molecular complexity index is 1490. The van der Waals surface area contributed by atoms with Crippen molar-refractivity contribution in [3.05, 3.63) is 59.6 Å². The van der Waals surface area contributed by atoms with Gasteiger partial charge in [-0.15, -0.1) is 0 Å². The van der Waals surface area contributed by atoms with Gasteiger partial charge in [-0.25, -0.2) is 14.8 Å². The molecule has 2 fully saturated rings. The molecule has 2 aliphatic rings. The first-order chi connectivity index (χ1) is 19.9. The van der Waals surface area contributed by atoms with Crippen LogP contribution in [0.3, 0.4) is 0 Å². The Balaban J connectivity index is 1.22. The monoisotopic (exact) mass is 553 g/mol. The molecule has 2 aromatic heterocycles. The number of rotatable bonds is 6. The molecule has 0 saturated carbocycles. The number of hydrogen-bond donors (Lipinski definition) is 4.